The van der Waals surface area contributed by atoms with E-state index in [1.54, 1.807) is 0 Å². The van der Waals surface area contributed by atoms with E-state index in [-0.39, 0.29) is 6.10 Å². The maximum absolute atomic E-state index is 6.46. The number of hydrogen-bond acceptors (Lipinski definition) is 6. The normalized spacial score (nSPS) is 20.7. The van der Waals surface area contributed by atoms with Crippen molar-refractivity contribution in [3.8, 4) is 17.0 Å². The predicted octanol–water partition coefficient (Wildman–Crippen LogP) is 4.44. The van der Waals surface area contributed by atoms with Crippen molar-refractivity contribution in [2.45, 2.75) is 63.5 Å². The van der Waals surface area contributed by atoms with Gasteiger partial charge in [0.1, 0.15) is 17.2 Å². The first kappa shape index (κ1) is 21.2. The molecule has 0 atom stereocenters. The summed E-state index contributed by atoms with van der Waals surface area (Å²) in [5.41, 5.74) is 4.23. The first-order valence-corrected chi connectivity index (χ1v) is 12.4. The number of nitrogens with one attached hydrogen (secondary N) is 1. The molecule has 34 heavy (non-hydrogen) atoms. The largest absolute Gasteiger partial charge is 0.487 e. The summed E-state index contributed by atoms with van der Waals surface area (Å²) < 4.78 is 12.4. The van der Waals surface area contributed by atoms with Crippen molar-refractivity contribution < 1.29 is 4.74 Å². The molecule has 9 nitrogen and oxygen atoms in total. The fourth-order valence-corrected chi connectivity index (χ4v) is 5.15. The van der Waals surface area contributed by atoms with Crippen LogP contribution < -0.4 is 10.1 Å². The van der Waals surface area contributed by atoms with E-state index >= 15 is 0 Å². The van der Waals surface area contributed by atoms with Crippen LogP contribution in [0.5, 0.6) is 5.75 Å². The summed E-state index contributed by atoms with van der Waals surface area (Å²) >= 11 is 0. The molecule has 1 N–H and O–H groups in total. The van der Waals surface area contributed by atoms with Crippen LogP contribution in [0.3, 0.4) is 0 Å². The lowest BCUT2D eigenvalue weighted by Gasteiger charge is -2.29. The predicted molar refractivity (Wildman–Crippen MR) is 131 cm³/mol. The van der Waals surface area contributed by atoms with Crippen LogP contribution in [0.15, 0.2) is 30.9 Å². The van der Waals surface area contributed by atoms with E-state index in [1.165, 1.54) is 12.8 Å². The molecule has 0 spiro atoms. The van der Waals surface area contributed by atoms with Gasteiger partial charge >= 0.3 is 0 Å². The molecular weight excluding hydrogens is 428 g/mol. The van der Waals surface area contributed by atoms with Crippen molar-refractivity contribution in [3.63, 3.8) is 0 Å². The van der Waals surface area contributed by atoms with Gasteiger partial charge in [-0.3, -0.25) is 14.0 Å². The van der Waals surface area contributed by atoms with Crippen LogP contribution in [0.2, 0.25) is 0 Å². The number of rotatable bonds is 7. The van der Waals surface area contributed by atoms with E-state index in [2.05, 4.69) is 38.2 Å². The zero-order valence-corrected chi connectivity index (χ0v) is 20.1. The van der Waals surface area contributed by atoms with E-state index in [1.807, 2.05) is 48.2 Å². The Hall–Kier alpha value is -3.36. The Balaban J connectivity index is 1.25. The minimum atomic E-state index is 0.233. The number of aromatic nitrogens is 7. The van der Waals surface area contributed by atoms with Crippen LogP contribution in [-0.2, 0) is 14.1 Å². The molecule has 0 unspecified atom stereocenters. The standard InChI is InChI=1S/C25H32N8O/c1-4-26-23-11-21-20(13-27-23)24(17-12-28-31(2)14-17)30-33(21)18-7-9-19(10-8-18)34-22-15-32(3)29-25(22)16-5-6-16/h11-16,18-19H,4-10H2,1-3H3,(H,26,27). The third-order valence-electron chi connectivity index (χ3n) is 7.00. The van der Waals surface area contributed by atoms with Crippen LogP contribution in [0.4, 0.5) is 5.82 Å². The molecule has 6 rings (SSSR count). The Morgan fingerprint density at radius 3 is 2.53 bits per heavy atom. The summed E-state index contributed by atoms with van der Waals surface area (Å²) in [7, 11) is 3.91. The number of aryl methyl sites for hydroxylation is 2. The highest BCUT2D eigenvalue weighted by Crippen LogP contribution is 2.44. The molecule has 0 amide bonds. The lowest BCUT2D eigenvalue weighted by Crippen LogP contribution is -2.26. The van der Waals surface area contributed by atoms with Gasteiger partial charge in [0.2, 0.25) is 0 Å². The van der Waals surface area contributed by atoms with Crippen molar-refractivity contribution >= 4 is 16.7 Å². The molecule has 0 bridgehead atoms. The number of ether oxygens (including phenoxy) is 1. The molecule has 2 aliphatic carbocycles. The van der Waals surface area contributed by atoms with E-state index in [4.69, 9.17) is 9.84 Å². The molecular formula is C25H32N8O. The monoisotopic (exact) mass is 460 g/mol. The zero-order valence-electron chi connectivity index (χ0n) is 20.1. The first-order chi connectivity index (χ1) is 16.6. The van der Waals surface area contributed by atoms with Crippen molar-refractivity contribution in [1.82, 2.24) is 34.3 Å². The minimum absolute atomic E-state index is 0.233. The molecule has 9 heteroatoms. The van der Waals surface area contributed by atoms with Crippen molar-refractivity contribution in [3.05, 3.63) is 36.5 Å². The summed E-state index contributed by atoms with van der Waals surface area (Å²) in [6, 6.07) is 2.47. The summed E-state index contributed by atoms with van der Waals surface area (Å²) in [6.45, 7) is 2.92. The molecule has 0 saturated heterocycles. The van der Waals surface area contributed by atoms with Crippen LogP contribution in [-0.4, -0.2) is 47.0 Å². The van der Waals surface area contributed by atoms with Crippen LogP contribution in [0.1, 0.15) is 63.1 Å². The van der Waals surface area contributed by atoms with E-state index < -0.39 is 0 Å². The fourth-order valence-electron chi connectivity index (χ4n) is 5.15. The van der Waals surface area contributed by atoms with Gasteiger partial charge < -0.3 is 10.1 Å². The lowest BCUT2D eigenvalue weighted by molar-refractivity contribution is 0.130. The molecule has 2 saturated carbocycles. The Kier molecular flexibility index (Phi) is 5.27. The minimum Gasteiger partial charge on any atom is -0.487 e. The van der Waals surface area contributed by atoms with Crippen molar-refractivity contribution in [1.29, 1.82) is 0 Å². The number of nitrogens with zero attached hydrogens (tertiary/aromatic N) is 7. The Bertz CT molecular complexity index is 1310. The second-order valence-corrected chi connectivity index (χ2v) is 9.69. The summed E-state index contributed by atoms with van der Waals surface area (Å²) in [6.07, 6.45) is 14.7. The van der Waals surface area contributed by atoms with Crippen LogP contribution in [0, 0.1) is 0 Å². The van der Waals surface area contributed by atoms with Gasteiger partial charge in [0, 0.05) is 56.0 Å². The number of hydrogen-bond donors (Lipinski definition) is 1. The van der Waals surface area contributed by atoms with Crippen molar-refractivity contribution in [2.24, 2.45) is 14.1 Å². The first-order valence-electron chi connectivity index (χ1n) is 12.4. The second kappa shape index (κ2) is 8.45. The van der Waals surface area contributed by atoms with Gasteiger partial charge in [-0.15, -0.1) is 0 Å². The fraction of sp³-hybridized carbons (Fsp3) is 0.520. The third kappa shape index (κ3) is 3.93. The number of anilines is 1. The topological polar surface area (TPSA) is 87.6 Å². The molecule has 2 fully saturated rings. The number of pyridine rings is 1. The average Bonchev–Trinajstić information content (AvgIpc) is 3.32. The molecule has 4 aromatic heterocycles. The van der Waals surface area contributed by atoms with Gasteiger partial charge in [-0.25, -0.2) is 4.98 Å². The van der Waals surface area contributed by atoms with Crippen LogP contribution in [0.25, 0.3) is 22.2 Å². The van der Waals surface area contributed by atoms with Gasteiger partial charge in [-0.05, 0) is 45.4 Å². The van der Waals surface area contributed by atoms with E-state index in [0.717, 1.165) is 71.6 Å². The SMILES string of the molecule is CCNc1cc2c(cn1)c(-c1cnn(C)c1)nn2C1CCC(Oc2cn(C)nc2C2CC2)CC1. The van der Waals surface area contributed by atoms with Gasteiger partial charge in [0.15, 0.2) is 5.75 Å². The quantitative estimate of drug-likeness (QED) is 0.439. The van der Waals surface area contributed by atoms with Crippen molar-refractivity contribution in [2.75, 3.05) is 11.9 Å². The molecule has 0 radical (unpaired) electrons. The third-order valence-corrected chi connectivity index (χ3v) is 7.00. The molecule has 0 aliphatic heterocycles. The van der Waals surface area contributed by atoms with Gasteiger partial charge in [-0.1, -0.05) is 0 Å². The Morgan fingerprint density at radius 2 is 1.82 bits per heavy atom. The Labute approximate surface area is 199 Å². The molecule has 2 aliphatic rings. The smallest absolute Gasteiger partial charge is 0.161 e. The molecule has 0 aromatic carbocycles. The molecule has 4 aromatic rings. The Morgan fingerprint density at radius 1 is 1.00 bits per heavy atom. The number of fused-ring (bicyclic) bond motifs is 1. The average molecular weight is 461 g/mol. The molecule has 178 valence electrons. The zero-order chi connectivity index (χ0) is 23.2. The maximum atomic E-state index is 6.46. The lowest BCUT2D eigenvalue weighted by atomic mass is 9.93. The van der Waals surface area contributed by atoms with Gasteiger partial charge in [0.05, 0.1) is 30.1 Å². The highest BCUT2D eigenvalue weighted by Gasteiger charge is 2.32. The highest BCUT2D eigenvalue weighted by molar-refractivity contribution is 5.93. The van der Waals surface area contributed by atoms with Gasteiger partial charge in [0.25, 0.3) is 0 Å². The highest BCUT2D eigenvalue weighted by atomic mass is 16.5. The molecule has 4 heterocycles. The summed E-state index contributed by atoms with van der Waals surface area (Å²) in [5, 5.41) is 18.5. The second-order valence-electron chi connectivity index (χ2n) is 9.69. The van der Waals surface area contributed by atoms with E-state index in [9.17, 15) is 0 Å². The maximum Gasteiger partial charge on any atom is 0.161 e. The van der Waals surface area contributed by atoms with Crippen LogP contribution >= 0.6 is 0 Å². The van der Waals surface area contributed by atoms with E-state index in [0.29, 0.717) is 12.0 Å². The van der Waals surface area contributed by atoms with Gasteiger partial charge in [-0.2, -0.15) is 15.3 Å². The summed E-state index contributed by atoms with van der Waals surface area (Å²) in [4.78, 5) is 4.62. The summed E-state index contributed by atoms with van der Waals surface area (Å²) in [5.74, 6) is 2.46.